The summed E-state index contributed by atoms with van der Waals surface area (Å²) < 4.78 is 5.70. The van der Waals surface area contributed by atoms with Gasteiger partial charge in [-0.25, -0.2) is 0 Å². The van der Waals surface area contributed by atoms with Crippen LogP contribution >= 0.6 is 0 Å². The second kappa shape index (κ2) is 5.01. The highest BCUT2D eigenvalue weighted by Gasteiger charge is 2.24. The van der Waals surface area contributed by atoms with Gasteiger partial charge in [-0.3, -0.25) is 4.79 Å². The molecule has 0 radical (unpaired) electrons. The minimum atomic E-state index is -0.855. The number of rotatable bonds is 4. The molecule has 0 aliphatic carbocycles. The third-order valence-corrected chi connectivity index (χ3v) is 2.69. The van der Waals surface area contributed by atoms with Crippen LogP contribution in [0.25, 0.3) is 0 Å². The van der Waals surface area contributed by atoms with Gasteiger partial charge in [0.15, 0.2) is 0 Å². The molecule has 0 aromatic heterocycles. The fourth-order valence-corrected chi connectivity index (χ4v) is 1.74. The van der Waals surface area contributed by atoms with Crippen molar-refractivity contribution in [3.8, 4) is 5.75 Å². The fourth-order valence-electron chi connectivity index (χ4n) is 1.74. The molecule has 0 spiro atoms. The third kappa shape index (κ3) is 4.40. The molecule has 0 atom stereocenters. The van der Waals surface area contributed by atoms with Crippen molar-refractivity contribution < 1.29 is 14.6 Å². The lowest BCUT2D eigenvalue weighted by molar-refractivity contribution is -0.140. The first-order chi connectivity index (χ1) is 8.10. The summed E-state index contributed by atoms with van der Waals surface area (Å²) in [5.74, 6) is -0.152. The molecule has 0 amide bonds. The van der Waals surface area contributed by atoms with Gasteiger partial charge in [0.05, 0.1) is 6.42 Å². The number of carboxylic acids is 1. The van der Waals surface area contributed by atoms with E-state index in [1.807, 2.05) is 24.3 Å². The minimum Gasteiger partial charge on any atom is -0.487 e. The molecular weight excluding hydrogens is 228 g/mol. The average Bonchev–Trinajstić information content (AvgIpc) is 2.13. The highest BCUT2D eigenvalue weighted by Crippen LogP contribution is 2.26. The third-order valence-electron chi connectivity index (χ3n) is 2.69. The quantitative estimate of drug-likeness (QED) is 0.887. The van der Waals surface area contributed by atoms with Crippen LogP contribution in [0.1, 0.15) is 46.6 Å². The van der Waals surface area contributed by atoms with Gasteiger partial charge in [0.2, 0.25) is 0 Å². The monoisotopic (exact) mass is 250 g/mol. The van der Waals surface area contributed by atoms with Crippen molar-refractivity contribution in [1.82, 2.24) is 0 Å². The topological polar surface area (TPSA) is 46.5 Å². The van der Waals surface area contributed by atoms with E-state index in [2.05, 4.69) is 20.8 Å². The van der Waals surface area contributed by atoms with E-state index >= 15 is 0 Å². The zero-order chi connectivity index (χ0) is 14.0. The van der Waals surface area contributed by atoms with E-state index in [9.17, 15) is 4.79 Å². The smallest absolute Gasteiger partial charge is 0.307 e. The lowest BCUT2D eigenvalue weighted by Crippen LogP contribution is -2.31. The molecular formula is C15H22O3. The maximum atomic E-state index is 10.7. The average molecular weight is 250 g/mol. The van der Waals surface area contributed by atoms with Crippen molar-refractivity contribution in [3.63, 3.8) is 0 Å². The van der Waals surface area contributed by atoms with Crippen LogP contribution in [0.2, 0.25) is 0 Å². The van der Waals surface area contributed by atoms with E-state index in [1.165, 1.54) is 5.56 Å². The Hall–Kier alpha value is -1.51. The summed E-state index contributed by atoms with van der Waals surface area (Å²) in [6.45, 7) is 10.0. The Morgan fingerprint density at radius 3 is 2.00 bits per heavy atom. The molecule has 3 nitrogen and oxygen atoms in total. The molecule has 0 bridgehead atoms. The van der Waals surface area contributed by atoms with Crippen LogP contribution in [0.5, 0.6) is 5.75 Å². The SMILES string of the molecule is CC(C)(CC(=O)O)Oc1ccc(C(C)(C)C)cc1. The Bertz CT molecular complexity index is 410. The Morgan fingerprint density at radius 2 is 1.61 bits per heavy atom. The molecule has 18 heavy (non-hydrogen) atoms. The maximum Gasteiger partial charge on any atom is 0.307 e. The van der Waals surface area contributed by atoms with Gasteiger partial charge < -0.3 is 9.84 Å². The Kier molecular flexibility index (Phi) is 4.05. The number of aliphatic carboxylic acids is 1. The van der Waals surface area contributed by atoms with Crippen molar-refractivity contribution in [1.29, 1.82) is 0 Å². The van der Waals surface area contributed by atoms with Crippen LogP contribution in [0.15, 0.2) is 24.3 Å². The molecule has 0 saturated carbocycles. The van der Waals surface area contributed by atoms with Crippen LogP contribution in [-0.4, -0.2) is 16.7 Å². The molecule has 0 saturated heterocycles. The molecule has 1 N–H and O–H groups in total. The predicted octanol–water partition coefficient (Wildman–Crippen LogP) is 3.62. The molecule has 0 aliphatic rings. The number of carbonyl (C=O) groups is 1. The summed E-state index contributed by atoms with van der Waals surface area (Å²) in [6, 6.07) is 7.83. The van der Waals surface area contributed by atoms with Gasteiger partial charge in [0.25, 0.3) is 0 Å². The standard InChI is InChI=1S/C15H22O3/c1-14(2,3)11-6-8-12(9-7-11)18-15(4,5)10-13(16)17/h6-9H,10H2,1-5H3,(H,16,17). The fraction of sp³-hybridized carbons (Fsp3) is 0.533. The van der Waals surface area contributed by atoms with Crippen molar-refractivity contribution in [2.75, 3.05) is 0 Å². The zero-order valence-corrected chi connectivity index (χ0v) is 11.8. The van der Waals surface area contributed by atoms with Gasteiger partial charge >= 0.3 is 5.97 Å². The van der Waals surface area contributed by atoms with Crippen LogP contribution in [-0.2, 0) is 10.2 Å². The van der Waals surface area contributed by atoms with E-state index in [4.69, 9.17) is 9.84 Å². The zero-order valence-electron chi connectivity index (χ0n) is 11.8. The molecule has 1 aromatic rings. The number of ether oxygens (including phenoxy) is 1. The molecule has 1 rings (SSSR count). The van der Waals surface area contributed by atoms with E-state index in [0.717, 1.165) is 0 Å². The van der Waals surface area contributed by atoms with Crippen LogP contribution in [0.3, 0.4) is 0 Å². The van der Waals surface area contributed by atoms with Crippen molar-refractivity contribution in [2.24, 2.45) is 0 Å². The second-order valence-electron chi connectivity index (χ2n) is 6.21. The maximum absolute atomic E-state index is 10.7. The summed E-state index contributed by atoms with van der Waals surface area (Å²) in [6.07, 6.45) is -0.0198. The Labute approximate surface area is 109 Å². The van der Waals surface area contributed by atoms with Crippen LogP contribution in [0, 0.1) is 0 Å². The molecule has 0 heterocycles. The molecule has 1 aromatic carbocycles. The van der Waals surface area contributed by atoms with Crippen LogP contribution in [0.4, 0.5) is 0 Å². The number of hydrogen-bond donors (Lipinski definition) is 1. The molecule has 0 fully saturated rings. The number of carboxylic acid groups (broad SMARTS) is 1. The second-order valence-corrected chi connectivity index (χ2v) is 6.21. The van der Waals surface area contributed by atoms with Gasteiger partial charge in [-0.2, -0.15) is 0 Å². The van der Waals surface area contributed by atoms with Gasteiger partial charge in [-0.05, 0) is 37.0 Å². The van der Waals surface area contributed by atoms with Gasteiger partial charge in [0.1, 0.15) is 11.4 Å². The first-order valence-corrected chi connectivity index (χ1v) is 6.11. The Balaban J connectivity index is 2.78. The summed E-state index contributed by atoms with van der Waals surface area (Å²) in [5, 5.41) is 8.80. The van der Waals surface area contributed by atoms with E-state index in [-0.39, 0.29) is 11.8 Å². The summed E-state index contributed by atoms with van der Waals surface area (Å²) in [5.41, 5.74) is 0.635. The lowest BCUT2D eigenvalue weighted by Gasteiger charge is -2.25. The van der Waals surface area contributed by atoms with Gasteiger partial charge in [0, 0.05) is 0 Å². The van der Waals surface area contributed by atoms with Gasteiger partial charge in [-0.1, -0.05) is 32.9 Å². The summed E-state index contributed by atoms with van der Waals surface area (Å²) in [4.78, 5) is 10.7. The van der Waals surface area contributed by atoms with E-state index < -0.39 is 11.6 Å². The molecule has 100 valence electrons. The lowest BCUT2D eigenvalue weighted by atomic mass is 9.87. The molecule has 3 heteroatoms. The van der Waals surface area contributed by atoms with Crippen LogP contribution < -0.4 is 4.74 Å². The predicted molar refractivity (Wildman–Crippen MR) is 72.1 cm³/mol. The summed E-state index contributed by atoms with van der Waals surface area (Å²) in [7, 11) is 0. The highest BCUT2D eigenvalue weighted by molar-refractivity contribution is 5.68. The Morgan fingerprint density at radius 1 is 1.11 bits per heavy atom. The number of benzene rings is 1. The van der Waals surface area contributed by atoms with Crippen molar-refractivity contribution in [2.45, 2.75) is 52.1 Å². The van der Waals surface area contributed by atoms with E-state index in [0.29, 0.717) is 5.75 Å². The highest BCUT2D eigenvalue weighted by atomic mass is 16.5. The summed E-state index contributed by atoms with van der Waals surface area (Å²) >= 11 is 0. The normalized spacial score (nSPS) is 12.3. The molecule has 0 aliphatic heterocycles. The number of hydrogen-bond acceptors (Lipinski definition) is 2. The van der Waals surface area contributed by atoms with Crippen molar-refractivity contribution in [3.05, 3.63) is 29.8 Å². The first kappa shape index (κ1) is 14.6. The minimum absolute atomic E-state index is 0.0198. The first-order valence-electron chi connectivity index (χ1n) is 6.11. The molecule has 0 unspecified atom stereocenters. The van der Waals surface area contributed by atoms with E-state index in [1.54, 1.807) is 13.8 Å². The van der Waals surface area contributed by atoms with Gasteiger partial charge in [-0.15, -0.1) is 0 Å². The largest absolute Gasteiger partial charge is 0.487 e. The van der Waals surface area contributed by atoms with Crippen molar-refractivity contribution >= 4 is 5.97 Å².